The molecule has 1 saturated heterocycles. The van der Waals surface area contributed by atoms with E-state index in [1.165, 1.54) is 9.80 Å². The molecular weight excluding hydrogens is 314 g/mol. The molecule has 23 heavy (non-hydrogen) atoms. The second kappa shape index (κ2) is 8.04. The van der Waals surface area contributed by atoms with Crippen molar-refractivity contribution >= 4 is 29.5 Å². The molecule has 0 aliphatic carbocycles. The molecule has 1 rings (SSSR count). The summed E-state index contributed by atoms with van der Waals surface area (Å²) in [6, 6.07) is -0.454. The van der Waals surface area contributed by atoms with Crippen LogP contribution in [0.25, 0.3) is 0 Å². The van der Waals surface area contributed by atoms with E-state index < -0.39 is 6.04 Å². The lowest BCUT2D eigenvalue weighted by Gasteiger charge is -2.31. The maximum absolute atomic E-state index is 12.8. The number of thioether (sulfide) groups is 1. The molecule has 0 aromatic rings. The van der Waals surface area contributed by atoms with Gasteiger partial charge in [0.25, 0.3) is 0 Å². The zero-order chi connectivity index (χ0) is 17.8. The second-order valence-electron chi connectivity index (χ2n) is 7.26. The molecule has 1 aliphatic heterocycles. The van der Waals surface area contributed by atoms with Crippen LogP contribution in [0.4, 0.5) is 0 Å². The highest BCUT2D eigenvalue weighted by Gasteiger charge is 2.38. The topological polar surface area (TPSA) is 60.9 Å². The fraction of sp³-hybridized carbons (Fsp3) is 0.812. The van der Waals surface area contributed by atoms with Crippen molar-refractivity contribution in [3.8, 4) is 0 Å². The SMILES string of the molecule is CCN(CC(=O)N(C)C)C(=O)C1CSCN1C(=O)CC(C)(C)C. The summed E-state index contributed by atoms with van der Waals surface area (Å²) in [4.78, 5) is 41.8. The van der Waals surface area contributed by atoms with Crippen molar-refractivity contribution in [3.63, 3.8) is 0 Å². The van der Waals surface area contributed by atoms with Gasteiger partial charge in [0.05, 0.1) is 12.4 Å². The first kappa shape index (κ1) is 19.8. The number of amides is 3. The monoisotopic (exact) mass is 343 g/mol. The van der Waals surface area contributed by atoms with Crippen LogP contribution in [0.3, 0.4) is 0 Å². The number of nitrogens with zero attached hydrogens (tertiary/aromatic N) is 3. The highest BCUT2D eigenvalue weighted by atomic mass is 32.2. The Morgan fingerprint density at radius 2 is 1.83 bits per heavy atom. The molecule has 1 aliphatic rings. The van der Waals surface area contributed by atoms with E-state index in [1.807, 2.05) is 27.7 Å². The van der Waals surface area contributed by atoms with Gasteiger partial charge in [-0.2, -0.15) is 0 Å². The second-order valence-corrected chi connectivity index (χ2v) is 8.26. The first-order valence-electron chi connectivity index (χ1n) is 7.93. The van der Waals surface area contributed by atoms with E-state index in [-0.39, 0.29) is 29.7 Å². The van der Waals surface area contributed by atoms with Crippen LogP contribution in [0.1, 0.15) is 34.1 Å². The van der Waals surface area contributed by atoms with Crippen molar-refractivity contribution in [3.05, 3.63) is 0 Å². The Morgan fingerprint density at radius 3 is 2.30 bits per heavy atom. The van der Waals surface area contributed by atoms with Gasteiger partial charge in [-0.25, -0.2) is 0 Å². The molecule has 132 valence electrons. The van der Waals surface area contributed by atoms with Crippen LogP contribution in [0.15, 0.2) is 0 Å². The Morgan fingerprint density at radius 1 is 1.22 bits per heavy atom. The van der Waals surface area contributed by atoms with Crippen molar-refractivity contribution in [2.24, 2.45) is 5.41 Å². The molecule has 1 unspecified atom stereocenters. The highest BCUT2D eigenvalue weighted by molar-refractivity contribution is 7.99. The van der Waals surface area contributed by atoms with Gasteiger partial charge in [-0.3, -0.25) is 14.4 Å². The van der Waals surface area contributed by atoms with Crippen molar-refractivity contribution in [2.75, 3.05) is 38.8 Å². The van der Waals surface area contributed by atoms with E-state index in [0.717, 1.165) is 0 Å². The highest BCUT2D eigenvalue weighted by Crippen LogP contribution is 2.27. The Balaban J connectivity index is 2.79. The molecule has 1 heterocycles. The third-order valence-electron chi connectivity index (χ3n) is 3.69. The first-order valence-corrected chi connectivity index (χ1v) is 9.08. The molecule has 1 atom stereocenters. The largest absolute Gasteiger partial charge is 0.347 e. The molecule has 0 radical (unpaired) electrons. The lowest BCUT2D eigenvalue weighted by Crippen LogP contribution is -2.51. The maximum Gasteiger partial charge on any atom is 0.246 e. The van der Waals surface area contributed by atoms with Crippen molar-refractivity contribution < 1.29 is 14.4 Å². The van der Waals surface area contributed by atoms with Gasteiger partial charge in [0.1, 0.15) is 6.04 Å². The van der Waals surface area contributed by atoms with E-state index >= 15 is 0 Å². The number of carbonyl (C=O) groups is 3. The molecule has 3 amide bonds. The minimum atomic E-state index is -0.454. The van der Waals surface area contributed by atoms with E-state index in [2.05, 4.69) is 0 Å². The zero-order valence-corrected chi connectivity index (χ0v) is 15.9. The van der Waals surface area contributed by atoms with Gasteiger partial charge in [-0.05, 0) is 12.3 Å². The van der Waals surface area contributed by atoms with Crippen LogP contribution in [-0.4, -0.2) is 77.3 Å². The minimum absolute atomic E-state index is 0.0100. The smallest absolute Gasteiger partial charge is 0.246 e. The van der Waals surface area contributed by atoms with Gasteiger partial charge in [0, 0.05) is 32.8 Å². The molecule has 6 nitrogen and oxygen atoms in total. The predicted molar refractivity (Wildman–Crippen MR) is 93.0 cm³/mol. The Bertz CT molecular complexity index is 460. The van der Waals surface area contributed by atoms with Gasteiger partial charge in [0.2, 0.25) is 17.7 Å². The number of rotatable bonds is 5. The van der Waals surface area contributed by atoms with Gasteiger partial charge in [0.15, 0.2) is 0 Å². The van der Waals surface area contributed by atoms with Crippen LogP contribution in [-0.2, 0) is 14.4 Å². The van der Waals surface area contributed by atoms with Gasteiger partial charge >= 0.3 is 0 Å². The van der Waals surface area contributed by atoms with Crippen LogP contribution in [0.2, 0.25) is 0 Å². The Labute approximate surface area is 143 Å². The molecule has 1 fully saturated rings. The molecule has 7 heteroatoms. The van der Waals surface area contributed by atoms with E-state index in [4.69, 9.17) is 0 Å². The van der Waals surface area contributed by atoms with Gasteiger partial charge in [-0.15, -0.1) is 11.8 Å². The van der Waals surface area contributed by atoms with E-state index in [9.17, 15) is 14.4 Å². The Hall–Kier alpha value is -1.24. The summed E-state index contributed by atoms with van der Waals surface area (Å²) in [5, 5.41) is 0. The van der Waals surface area contributed by atoms with Gasteiger partial charge in [-0.1, -0.05) is 20.8 Å². The van der Waals surface area contributed by atoms with Crippen LogP contribution < -0.4 is 0 Å². The van der Waals surface area contributed by atoms with Crippen molar-refractivity contribution in [2.45, 2.75) is 40.2 Å². The summed E-state index contributed by atoms with van der Waals surface area (Å²) in [6.07, 6.45) is 0.417. The predicted octanol–water partition coefficient (Wildman–Crippen LogP) is 1.26. The number of hydrogen-bond donors (Lipinski definition) is 0. The number of carbonyl (C=O) groups excluding carboxylic acids is 3. The third-order valence-corrected chi connectivity index (χ3v) is 4.70. The van der Waals surface area contributed by atoms with Gasteiger partial charge < -0.3 is 14.7 Å². The number of likely N-dealkylation sites (N-methyl/N-ethyl adjacent to an activating group) is 2. The molecule has 0 aromatic carbocycles. The average Bonchev–Trinajstić information content (AvgIpc) is 2.91. The summed E-state index contributed by atoms with van der Waals surface area (Å²) in [6.45, 7) is 8.41. The molecule has 0 N–H and O–H groups in total. The normalized spacial score (nSPS) is 18.0. The number of hydrogen-bond acceptors (Lipinski definition) is 4. The summed E-state index contributed by atoms with van der Waals surface area (Å²) in [5.41, 5.74) is -0.108. The standard InChI is InChI=1S/C16H29N3O3S/c1-7-18(9-14(21)17(5)6)15(22)12-10-23-11-19(12)13(20)8-16(2,3)4/h12H,7-11H2,1-6H3. The van der Waals surface area contributed by atoms with Crippen LogP contribution in [0.5, 0.6) is 0 Å². The zero-order valence-electron chi connectivity index (χ0n) is 15.1. The first-order chi connectivity index (χ1) is 10.6. The fourth-order valence-electron chi connectivity index (χ4n) is 2.31. The summed E-state index contributed by atoms with van der Waals surface area (Å²) in [7, 11) is 3.34. The summed E-state index contributed by atoms with van der Waals surface area (Å²) >= 11 is 1.59. The van der Waals surface area contributed by atoms with Crippen molar-refractivity contribution in [1.82, 2.24) is 14.7 Å². The molecule has 0 aromatic heterocycles. The molecule has 0 spiro atoms. The lowest BCUT2D eigenvalue weighted by atomic mass is 9.91. The maximum atomic E-state index is 12.8. The fourth-order valence-corrected chi connectivity index (χ4v) is 3.48. The molecule has 0 saturated carbocycles. The quantitative estimate of drug-likeness (QED) is 0.754. The summed E-state index contributed by atoms with van der Waals surface area (Å²) < 4.78 is 0. The van der Waals surface area contributed by atoms with Crippen molar-refractivity contribution in [1.29, 1.82) is 0 Å². The van der Waals surface area contributed by atoms with Crippen LogP contribution in [0, 0.1) is 5.41 Å². The lowest BCUT2D eigenvalue weighted by molar-refractivity contribution is -0.146. The molecular formula is C16H29N3O3S. The van der Waals surface area contributed by atoms with E-state index in [0.29, 0.717) is 24.6 Å². The summed E-state index contributed by atoms with van der Waals surface area (Å²) in [5.74, 6) is 0.913. The average molecular weight is 343 g/mol. The molecule has 0 bridgehead atoms. The van der Waals surface area contributed by atoms with Crippen LogP contribution >= 0.6 is 11.8 Å². The van der Waals surface area contributed by atoms with E-state index in [1.54, 1.807) is 30.8 Å². The Kier molecular flexibility index (Phi) is 6.92. The minimum Gasteiger partial charge on any atom is -0.347 e. The third kappa shape index (κ3) is 5.71.